The summed E-state index contributed by atoms with van der Waals surface area (Å²) in [5.74, 6) is -0.193. The Bertz CT molecular complexity index is 1220. The van der Waals surface area contributed by atoms with Gasteiger partial charge in [-0.3, -0.25) is 9.69 Å². The van der Waals surface area contributed by atoms with Crippen molar-refractivity contribution in [3.8, 4) is 0 Å². The van der Waals surface area contributed by atoms with Gasteiger partial charge in [0, 0.05) is 31.7 Å². The summed E-state index contributed by atoms with van der Waals surface area (Å²) in [5.41, 5.74) is 2.41. The maximum Gasteiger partial charge on any atom is 0.260 e. The summed E-state index contributed by atoms with van der Waals surface area (Å²) in [4.78, 5) is 22.2. The molecule has 35 heavy (non-hydrogen) atoms. The second-order valence-corrected chi connectivity index (χ2v) is 11.6. The molecule has 3 aromatic rings. The van der Waals surface area contributed by atoms with Gasteiger partial charge in [-0.15, -0.1) is 12.4 Å². The van der Waals surface area contributed by atoms with E-state index in [1.54, 1.807) is 17.0 Å². The van der Waals surface area contributed by atoms with Gasteiger partial charge < -0.3 is 4.90 Å². The smallest absolute Gasteiger partial charge is 0.260 e. The van der Waals surface area contributed by atoms with Gasteiger partial charge >= 0.3 is 0 Å². The number of para-hydroxylation sites is 1. The van der Waals surface area contributed by atoms with Crippen LogP contribution in [-0.2, 0) is 10.0 Å². The molecule has 0 N–H and O–H groups in total. The topological polar surface area (TPSA) is 73.8 Å². The molecule has 0 unspecified atom stereocenters. The van der Waals surface area contributed by atoms with Gasteiger partial charge in [0.2, 0.25) is 10.0 Å². The van der Waals surface area contributed by atoms with Crippen molar-refractivity contribution in [1.29, 1.82) is 0 Å². The number of nitrogens with zero attached hydrogens (tertiary/aromatic N) is 4. The lowest BCUT2D eigenvalue weighted by molar-refractivity contribution is 0.0985. The van der Waals surface area contributed by atoms with E-state index in [2.05, 4.69) is 0 Å². The Kier molecular flexibility index (Phi) is 10.7. The van der Waals surface area contributed by atoms with Crippen molar-refractivity contribution in [2.45, 2.75) is 38.5 Å². The van der Waals surface area contributed by atoms with E-state index in [4.69, 9.17) is 4.98 Å². The second kappa shape index (κ2) is 12.8. The molecule has 0 aliphatic carbocycles. The van der Waals surface area contributed by atoms with Crippen LogP contribution >= 0.6 is 23.7 Å². The fraction of sp³-hybridized carbons (Fsp3) is 0.440. The molecule has 1 amide bonds. The molecule has 0 bridgehead atoms. The molecule has 10 heteroatoms. The minimum atomic E-state index is -3.59. The Balaban J connectivity index is 0.00000432. The minimum absolute atomic E-state index is 0. The summed E-state index contributed by atoms with van der Waals surface area (Å²) in [6, 6.07) is 12.3. The van der Waals surface area contributed by atoms with Crippen LogP contribution in [0.5, 0.6) is 0 Å². The van der Waals surface area contributed by atoms with E-state index in [-0.39, 0.29) is 23.2 Å². The van der Waals surface area contributed by atoms with Crippen molar-refractivity contribution in [3.05, 3.63) is 53.6 Å². The first-order valence-electron chi connectivity index (χ1n) is 11.6. The normalized spacial score (nSPS) is 11.7. The van der Waals surface area contributed by atoms with Crippen LogP contribution in [0.4, 0.5) is 5.13 Å². The number of benzene rings is 2. The predicted molar refractivity (Wildman–Crippen MR) is 148 cm³/mol. The Morgan fingerprint density at radius 2 is 1.57 bits per heavy atom. The molecule has 0 saturated carbocycles. The van der Waals surface area contributed by atoms with Crippen molar-refractivity contribution in [2.75, 3.05) is 45.2 Å². The third kappa shape index (κ3) is 6.80. The first-order valence-corrected chi connectivity index (χ1v) is 13.9. The average Bonchev–Trinajstić information content (AvgIpc) is 3.24. The first kappa shape index (κ1) is 29.2. The number of thiazole rings is 1. The molecule has 3 rings (SSSR count). The molecule has 0 saturated heterocycles. The zero-order chi connectivity index (χ0) is 24.9. The Hall–Kier alpha value is -2.04. The molecule has 0 fully saturated rings. The van der Waals surface area contributed by atoms with Gasteiger partial charge in [0.05, 0.1) is 15.1 Å². The lowest BCUT2D eigenvalue weighted by Gasteiger charge is -2.23. The Labute approximate surface area is 219 Å². The number of aromatic nitrogens is 1. The number of carbonyl (C=O) groups excluding carboxylic acids is 1. The maximum absolute atomic E-state index is 13.5. The predicted octanol–water partition coefficient (Wildman–Crippen LogP) is 5.05. The van der Waals surface area contributed by atoms with Crippen LogP contribution < -0.4 is 4.90 Å². The van der Waals surface area contributed by atoms with Crippen LogP contribution in [-0.4, -0.2) is 68.8 Å². The Morgan fingerprint density at radius 1 is 0.943 bits per heavy atom. The van der Waals surface area contributed by atoms with Crippen LogP contribution in [0.2, 0.25) is 0 Å². The average molecular weight is 539 g/mol. The molecule has 0 radical (unpaired) electrons. The molecule has 7 nitrogen and oxygen atoms in total. The molecule has 192 valence electrons. The summed E-state index contributed by atoms with van der Waals surface area (Å²) in [5, 5.41) is 0.643. The number of fused-ring (bicyclic) bond motifs is 1. The quantitative estimate of drug-likeness (QED) is 0.342. The van der Waals surface area contributed by atoms with E-state index < -0.39 is 10.0 Å². The summed E-state index contributed by atoms with van der Waals surface area (Å²) < 4.78 is 28.7. The molecular weight excluding hydrogens is 504 g/mol. The van der Waals surface area contributed by atoms with Gasteiger partial charge in [-0.05, 0) is 69.8 Å². The summed E-state index contributed by atoms with van der Waals surface area (Å²) >= 11 is 1.49. The molecule has 0 aliphatic heterocycles. The standard InChI is InChI=1S/C25H34N4O3S2.ClH/c1-6-15-28(16-7-2)34(31,32)21-13-11-20(12-14-21)24(30)29(18-17-27(4)5)25-26-23-19(3)9-8-10-22(23)33-25;/h8-14H,6-7,15-18H2,1-5H3;1H. The summed E-state index contributed by atoms with van der Waals surface area (Å²) in [6.07, 6.45) is 1.50. The highest BCUT2D eigenvalue weighted by atomic mass is 35.5. The first-order chi connectivity index (χ1) is 16.2. The highest BCUT2D eigenvalue weighted by molar-refractivity contribution is 7.89. The number of hydrogen-bond donors (Lipinski definition) is 0. The minimum Gasteiger partial charge on any atom is -0.308 e. The number of hydrogen-bond acceptors (Lipinski definition) is 6. The van der Waals surface area contributed by atoms with Gasteiger partial charge in [0.25, 0.3) is 5.91 Å². The fourth-order valence-electron chi connectivity index (χ4n) is 3.70. The number of carbonyl (C=O) groups is 1. The van der Waals surface area contributed by atoms with Crippen molar-refractivity contribution < 1.29 is 13.2 Å². The third-order valence-corrected chi connectivity index (χ3v) is 8.50. The van der Waals surface area contributed by atoms with Crippen molar-refractivity contribution >= 4 is 55.0 Å². The highest BCUT2D eigenvalue weighted by Gasteiger charge is 2.25. The van der Waals surface area contributed by atoms with Gasteiger partial charge in [0.15, 0.2) is 5.13 Å². The van der Waals surface area contributed by atoms with Gasteiger partial charge in [-0.2, -0.15) is 4.31 Å². The molecule has 0 aliphatic rings. The Morgan fingerprint density at radius 3 is 2.11 bits per heavy atom. The van der Waals surface area contributed by atoms with Crippen molar-refractivity contribution in [3.63, 3.8) is 0 Å². The largest absolute Gasteiger partial charge is 0.308 e. The van der Waals surface area contributed by atoms with E-state index in [1.807, 2.05) is 58.0 Å². The number of sulfonamides is 1. The van der Waals surface area contributed by atoms with Gasteiger partial charge in [-0.1, -0.05) is 37.3 Å². The van der Waals surface area contributed by atoms with Crippen LogP contribution in [0.15, 0.2) is 47.4 Å². The van der Waals surface area contributed by atoms with E-state index >= 15 is 0 Å². The molecule has 0 atom stereocenters. The fourth-order valence-corrected chi connectivity index (χ4v) is 6.39. The molecule has 0 spiro atoms. The molecular formula is C25H35ClN4O3S2. The number of rotatable bonds is 11. The lowest BCUT2D eigenvalue weighted by Crippen LogP contribution is -2.36. The number of halogens is 1. The van der Waals surface area contributed by atoms with Crippen LogP contribution in [0.1, 0.15) is 42.6 Å². The third-order valence-electron chi connectivity index (χ3n) is 5.54. The van der Waals surface area contributed by atoms with Crippen LogP contribution in [0.25, 0.3) is 10.2 Å². The number of anilines is 1. The molecule has 1 heterocycles. The highest BCUT2D eigenvalue weighted by Crippen LogP contribution is 2.31. The zero-order valence-electron chi connectivity index (χ0n) is 21.0. The van der Waals surface area contributed by atoms with Crippen LogP contribution in [0, 0.1) is 6.92 Å². The van der Waals surface area contributed by atoms with E-state index in [9.17, 15) is 13.2 Å². The molecule has 2 aromatic carbocycles. The van der Waals surface area contributed by atoms with E-state index in [1.165, 1.54) is 27.8 Å². The summed E-state index contributed by atoms with van der Waals surface area (Å²) in [6.45, 7) is 8.05. The van der Waals surface area contributed by atoms with Gasteiger partial charge in [0.1, 0.15) is 0 Å². The maximum atomic E-state index is 13.5. The van der Waals surface area contributed by atoms with Crippen molar-refractivity contribution in [1.82, 2.24) is 14.2 Å². The summed E-state index contributed by atoms with van der Waals surface area (Å²) in [7, 11) is 0.331. The second-order valence-electron chi connectivity index (χ2n) is 8.61. The number of aryl methyl sites for hydroxylation is 1. The van der Waals surface area contributed by atoms with E-state index in [0.717, 1.165) is 28.6 Å². The van der Waals surface area contributed by atoms with Gasteiger partial charge in [-0.25, -0.2) is 13.4 Å². The SMILES string of the molecule is CCCN(CCC)S(=O)(=O)c1ccc(C(=O)N(CCN(C)C)c2nc3c(C)cccc3s2)cc1.Cl. The lowest BCUT2D eigenvalue weighted by atomic mass is 10.2. The molecule has 1 aromatic heterocycles. The number of likely N-dealkylation sites (N-methyl/N-ethyl adjacent to an activating group) is 1. The monoisotopic (exact) mass is 538 g/mol. The van der Waals surface area contributed by atoms with E-state index in [0.29, 0.717) is 36.9 Å². The zero-order valence-corrected chi connectivity index (χ0v) is 23.5. The number of amides is 1. The van der Waals surface area contributed by atoms with Crippen LogP contribution in [0.3, 0.4) is 0 Å². The van der Waals surface area contributed by atoms with Crippen molar-refractivity contribution in [2.24, 2.45) is 0 Å².